The zero-order chi connectivity index (χ0) is 16.2. The molecule has 3 N–H and O–H groups in total. The summed E-state index contributed by atoms with van der Waals surface area (Å²) >= 11 is 0. The first-order valence-electron chi connectivity index (χ1n) is 7.82. The first-order chi connectivity index (χ1) is 10.4. The van der Waals surface area contributed by atoms with Gasteiger partial charge in [0.1, 0.15) is 0 Å². The summed E-state index contributed by atoms with van der Waals surface area (Å²) in [6.07, 6.45) is 0. The van der Waals surface area contributed by atoms with Gasteiger partial charge in [-0.1, -0.05) is 32.9 Å². The van der Waals surface area contributed by atoms with E-state index in [0.29, 0.717) is 0 Å². The molecule has 1 aliphatic rings. The normalized spacial score (nSPS) is 16.5. The Morgan fingerprint density at radius 3 is 2.25 bits per heavy atom. The van der Waals surface area contributed by atoms with E-state index in [4.69, 9.17) is 10.5 Å². The summed E-state index contributed by atoms with van der Waals surface area (Å²) < 4.78 is 5.35. The Kier molecular flexibility index (Phi) is 9.85. The van der Waals surface area contributed by atoms with Crippen LogP contribution in [0, 0.1) is 5.41 Å². The van der Waals surface area contributed by atoms with Gasteiger partial charge in [-0.25, -0.2) is 0 Å². The van der Waals surface area contributed by atoms with Gasteiger partial charge in [0.25, 0.3) is 0 Å². The van der Waals surface area contributed by atoms with E-state index in [1.165, 1.54) is 5.56 Å². The van der Waals surface area contributed by atoms with E-state index in [9.17, 15) is 4.79 Å². The largest absolute Gasteiger partial charge is 0.379 e. The van der Waals surface area contributed by atoms with Crippen molar-refractivity contribution in [3.05, 3.63) is 29.8 Å². The maximum atomic E-state index is 12.1. The minimum Gasteiger partial charge on any atom is -0.379 e. The van der Waals surface area contributed by atoms with Gasteiger partial charge in [-0.2, -0.15) is 0 Å². The van der Waals surface area contributed by atoms with Gasteiger partial charge in [0.2, 0.25) is 5.91 Å². The Morgan fingerprint density at radius 2 is 1.75 bits per heavy atom. The fourth-order valence-corrected chi connectivity index (χ4v) is 2.32. The molecule has 1 saturated heterocycles. The standard InChI is InChI=1S/C17H27N3O2.2ClH/c1-17(2,3)15(18)16(21)19-14-6-4-13(5-7-14)12-20-8-10-22-11-9-20;;/h4-7,15H,8-12,18H2,1-3H3,(H,19,21);2*1H/t15-;;/m1../s1. The number of nitrogens with two attached hydrogens (primary N) is 1. The second-order valence-electron chi connectivity index (χ2n) is 6.92. The van der Waals surface area contributed by atoms with Gasteiger partial charge in [0.05, 0.1) is 19.3 Å². The van der Waals surface area contributed by atoms with E-state index in [-0.39, 0.29) is 36.1 Å². The lowest BCUT2D eigenvalue weighted by atomic mass is 9.87. The highest BCUT2D eigenvalue weighted by Gasteiger charge is 2.27. The summed E-state index contributed by atoms with van der Waals surface area (Å²) in [5.41, 5.74) is 7.74. The summed E-state index contributed by atoms with van der Waals surface area (Å²) in [6, 6.07) is 7.44. The van der Waals surface area contributed by atoms with Crippen molar-refractivity contribution in [3.8, 4) is 0 Å². The molecule has 0 aliphatic carbocycles. The molecule has 1 heterocycles. The van der Waals surface area contributed by atoms with Crippen LogP contribution in [-0.2, 0) is 16.1 Å². The number of carbonyl (C=O) groups is 1. The maximum absolute atomic E-state index is 12.1. The Balaban J connectivity index is 0.00000264. The highest BCUT2D eigenvalue weighted by Crippen LogP contribution is 2.19. The Hall–Kier alpha value is -0.850. The van der Waals surface area contributed by atoms with Crippen LogP contribution in [0.3, 0.4) is 0 Å². The summed E-state index contributed by atoms with van der Waals surface area (Å²) in [7, 11) is 0. The predicted octanol–water partition coefficient (Wildman–Crippen LogP) is 2.67. The molecule has 0 radical (unpaired) electrons. The molecule has 0 saturated carbocycles. The highest BCUT2D eigenvalue weighted by molar-refractivity contribution is 5.95. The van der Waals surface area contributed by atoms with Crippen LogP contribution < -0.4 is 11.1 Å². The van der Waals surface area contributed by atoms with Crippen LogP contribution in [0.5, 0.6) is 0 Å². The van der Waals surface area contributed by atoms with Crippen LogP contribution in [0.2, 0.25) is 0 Å². The number of carbonyl (C=O) groups excluding carboxylic acids is 1. The first-order valence-corrected chi connectivity index (χ1v) is 7.82. The van der Waals surface area contributed by atoms with Gasteiger partial charge in [-0.05, 0) is 23.1 Å². The number of nitrogens with one attached hydrogen (secondary N) is 1. The van der Waals surface area contributed by atoms with E-state index in [1.807, 2.05) is 45.0 Å². The molecule has 1 aliphatic heterocycles. The smallest absolute Gasteiger partial charge is 0.241 e. The number of benzene rings is 1. The SMILES string of the molecule is CC(C)(C)[C@H](N)C(=O)Nc1ccc(CN2CCOCC2)cc1.Cl.Cl. The quantitative estimate of drug-likeness (QED) is 0.846. The fourth-order valence-electron chi connectivity index (χ4n) is 2.32. The van der Waals surface area contributed by atoms with Crippen LogP contribution in [-0.4, -0.2) is 43.2 Å². The van der Waals surface area contributed by atoms with Gasteiger partial charge >= 0.3 is 0 Å². The number of hydrogen-bond donors (Lipinski definition) is 2. The minimum absolute atomic E-state index is 0. The zero-order valence-electron chi connectivity index (χ0n) is 14.6. The van der Waals surface area contributed by atoms with Crippen LogP contribution in [0.25, 0.3) is 0 Å². The minimum atomic E-state index is -0.527. The molecule has 0 unspecified atom stereocenters. The lowest BCUT2D eigenvalue weighted by Crippen LogP contribution is -2.45. The average molecular weight is 378 g/mol. The molecule has 0 bridgehead atoms. The monoisotopic (exact) mass is 377 g/mol. The van der Waals surface area contributed by atoms with E-state index >= 15 is 0 Å². The highest BCUT2D eigenvalue weighted by atomic mass is 35.5. The third-order valence-corrected chi connectivity index (χ3v) is 3.95. The molecule has 0 spiro atoms. The number of halogens is 2. The molecular formula is C17H29Cl2N3O2. The number of rotatable bonds is 4. The second kappa shape index (κ2) is 10.2. The molecule has 0 aromatic heterocycles. The zero-order valence-corrected chi connectivity index (χ0v) is 16.2. The third-order valence-electron chi connectivity index (χ3n) is 3.95. The summed E-state index contributed by atoms with van der Waals surface area (Å²) in [6.45, 7) is 10.3. The topological polar surface area (TPSA) is 67.6 Å². The Bertz CT molecular complexity index is 498. The first kappa shape index (κ1) is 23.1. The molecule has 1 aromatic rings. The van der Waals surface area contributed by atoms with Gasteiger partial charge in [-0.3, -0.25) is 9.69 Å². The van der Waals surface area contributed by atoms with E-state index in [2.05, 4.69) is 10.2 Å². The molecule has 138 valence electrons. The molecule has 24 heavy (non-hydrogen) atoms. The molecule has 1 aromatic carbocycles. The molecular weight excluding hydrogens is 349 g/mol. The summed E-state index contributed by atoms with van der Waals surface area (Å²) in [4.78, 5) is 14.5. The van der Waals surface area contributed by atoms with Crippen molar-refractivity contribution in [2.24, 2.45) is 11.1 Å². The molecule has 1 atom stereocenters. The van der Waals surface area contributed by atoms with Crippen LogP contribution in [0.1, 0.15) is 26.3 Å². The molecule has 1 fully saturated rings. The van der Waals surface area contributed by atoms with E-state index in [1.54, 1.807) is 0 Å². The second-order valence-corrected chi connectivity index (χ2v) is 6.92. The van der Waals surface area contributed by atoms with Crippen LogP contribution in [0.4, 0.5) is 5.69 Å². The van der Waals surface area contributed by atoms with Crippen molar-refractivity contribution in [2.45, 2.75) is 33.4 Å². The van der Waals surface area contributed by atoms with Gasteiger partial charge in [0.15, 0.2) is 0 Å². The summed E-state index contributed by atoms with van der Waals surface area (Å²) in [5, 5.41) is 2.88. The molecule has 5 nitrogen and oxygen atoms in total. The number of amides is 1. The average Bonchev–Trinajstić information content (AvgIpc) is 2.48. The third kappa shape index (κ3) is 6.95. The van der Waals surface area contributed by atoms with Crippen molar-refractivity contribution in [1.82, 2.24) is 4.90 Å². The molecule has 7 heteroatoms. The van der Waals surface area contributed by atoms with Crippen molar-refractivity contribution in [3.63, 3.8) is 0 Å². The predicted molar refractivity (Wildman–Crippen MR) is 103 cm³/mol. The van der Waals surface area contributed by atoms with Crippen molar-refractivity contribution in [2.75, 3.05) is 31.6 Å². The van der Waals surface area contributed by atoms with Gasteiger partial charge < -0.3 is 15.8 Å². The van der Waals surface area contributed by atoms with Gasteiger partial charge in [0, 0.05) is 25.3 Å². The lowest BCUT2D eigenvalue weighted by Gasteiger charge is -2.27. The van der Waals surface area contributed by atoms with Crippen LogP contribution >= 0.6 is 24.8 Å². The number of morpholine rings is 1. The van der Waals surface area contributed by atoms with Gasteiger partial charge in [-0.15, -0.1) is 24.8 Å². The number of nitrogens with zero attached hydrogens (tertiary/aromatic N) is 1. The Morgan fingerprint density at radius 1 is 1.21 bits per heavy atom. The maximum Gasteiger partial charge on any atom is 0.241 e. The molecule has 2 rings (SSSR count). The van der Waals surface area contributed by atoms with Crippen molar-refractivity contribution < 1.29 is 9.53 Å². The number of ether oxygens (including phenoxy) is 1. The van der Waals surface area contributed by atoms with Crippen molar-refractivity contribution >= 4 is 36.4 Å². The fraction of sp³-hybridized carbons (Fsp3) is 0.588. The van der Waals surface area contributed by atoms with E-state index < -0.39 is 6.04 Å². The molecule has 1 amide bonds. The summed E-state index contributed by atoms with van der Waals surface area (Å²) in [5.74, 6) is -0.145. The lowest BCUT2D eigenvalue weighted by molar-refractivity contribution is -0.119. The Labute approximate surface area is 157 Å². The van der Waals surface area contributed by atoms with Crippen molar-refractivity contribution in [1.29, 1.82) is 0 Å². The van der Waals surface area contributed by atoms with Crippen LogP contribution in [0.15, 0.2) is 24.3 Å². The van der Waals surface area contributed by atoms with E-state index in [0.717, 1.165) is 38.5 Å². The number of hydrogen-bond acceptors (Lipinski definition) is 4. The number of anilines is 1.